The molecule has 1 N–H and O–H groups in total. The molecule has 0 spiro atoms. The molecule has 0 radical (unpaired) electrons. The summed E-state index contributed by atoms with van der Waals surface area (Å²) >= 11 is 0. The molecular weight excluding hydrogens is 524 g/mol. The van der Waals surface area contributed by atoms with Gasteiger partial charge >= 0.3 is 12.1 Å². The lowest BCUT2D eigenvalue weighted by Gasteiger charge is -2.19. The van der Waals surface area contributed by atoms with Gasteiger partial charge in [0.1, 0.15) is 13.2 Å². The predicted molar refractivity (Wildman–Crippen MR) is 130 cm³/mol. The zero-order valence-corrected chi connectivity index (χ0v) is 21.8. The van der Waals surface area contributed by atoms with Crippen LogP contribution in [0.3, 0.4) is 0 Å². The van der Waals surface area contributed by atoms with Crippen LogP contribution in [0.15, 0.2) is 30.3 Å². The third-order valence-electron chi connectivity index (χ3n) is 5.89. The summed E-state index contributed by atoms with van der Waals surface area (Å²) in [5, 5.41) is 20.9. The maximum absolute atomic E-state index is 13.0. The third kappa shape index (κ3) is 10.2. The molecule has 0 aliphatic heterocycles. The minimum Gasteiger partial charge on any atom is -0.424 e. The largest absolute Gasteiger partial charge is 0.424 e. The van der Waals surface area contributed by atoms with Gasteiger partial charge in [0.2, 0.25) is 12.2 Å². The van der Waals surface area contributed by atoms with E-state index < -0.39 is 54.5 Å². The van der Waals surface area contributed by atoms with Gasteiger partial charge in [0.05, 0.1) is 12.5 Å². The molecule has 1 aromatic rings. The number of alkyl carbamates (subject to hydrolysis) is 1. The third-order valence-corrected chi connectivity index (χ3v) is 5.89. The number of hydrogen-bond donors (Lipinski definition) is 1. The molecule has 216 valence electrons. The summed E-state index contributed by atoms with van der Waals surface area (Å²) in [4.78, 5) is 67.7. The number of ether oxygens (including phenoxy) is 3. The Labute approximate surface area is 223 Å². The Hall–Kier alpha value is -4.21. The number of rotatable bonds is 17. The fourth-order valence-corrected chi connectivity index (χ4v) is 4.13. The van der Waals surface area contributed by atoms with Crippen molar-refractivity contribution in [3.8, 4) is 0 Å². The van der Waals surface area contributed by atoms with Crippen LogP contribution in [0.4, 0.5) is 4.79 Å². The average molecular weight is 557 g/mol. The highest BCUT2D eigenvalue weighted by atomic mass is 17.0. The van der Waals surface area contributed by atoms with E-state index in [-0.39, 0.29) is 30.2 Å². The number of carbonyl (C=O) groups excluding carboxylic acids is 3. The van der Waals surface area contributed by atoms with E-state index in [1.807, 2.05) is 44.2 Å². The van der Waals surface area contributed by atoms with Gasteiger partial charge in [-0.05, 0) is 25.3 Å². The van der Waals surface area contributed by atoms with E-state index in [1.165, 1.54) is 6.92 Å². The van der Waals surface area contributed by atoms with Crippen LogP contribution in [0.25, 0.3) is 0 Å². The number of hydrogen-bond acceptors (Lipinski definition) is 12. The standard InChI is InChI=1S/C23H32N4O12/c1-4-25(5-2)22(29)21-18(20(21)16-9-7-6-8-10-16)11-24-23(30)38-15(3)37-19(28)14-35-12-17(39-27(33)34)13-36-26(31)32/h6-10,15,17-18,20-21H,4-5,11-14H2,1-3H3,(H,24,30)/t15?,17?,18-,20?,21-/m0/s1. The highest BCUT2D eigenvalue weighted by Gasteiger charge is 2.56. The Morgan fingerprint density at radius 2 is 1.69 bits per heavy atom. The molecule has 1 aromatic carbocycles. The minimum absolute atomic E-state index is 0.0205. The highest BCUT2D eigenvalue weighted by molar-refractivity contribution is 5.84. The molecule has 1 aliphatic rings. The van der Waals surface area contributed by atoms with E-state index in [1.54, 1.807) is 4.90 Å². The summed E-state index contributed by atoms with van der Waals surface area (Å²) < 4.78 is 14.8. The first-order valence-electron chi connectivity index (χ1n) is 12.2. The number of esters is 1. The number of amides is 2. The van der Waals surface area contributed by atoms with Crippen molar-refractivity contribution in [2.75, 3.05) is 39.5 Å². The summed E-state index contributed by atoms with van der Waals surface area (Å²) in [5.41, 5.74) is 1.00. The van der Waals surface area contributed by atoms with E-state index in [9.17, 15) is 34.6 Å². The molecular formula is C23H32N4O12. The van der Waals surface area contributed by atoms with Crippen LogP contribution < -0.4 is 5.32 Å². The fourth-order valence-electron chi connectivity index (χ4n) is 4.13. The van der Waals surface area contributed by atoms with E-state index >= 15 is 0 Å². The maximum Gasteiger partial charge on any atom is 0.410 e. The van der Waals surface area contributed by atoms with Gasteiger partial charge in [-0.15, -0.1) is 20.2 Å². The van der Waals surface area contributed by atoms with Crippen LogP contribution in [0, 0.1) is 32.1 Å². The van der Waals surface area contributed by atoms with Gasteiger partial charge in [0, 0.05) is 32.5 Å². The number of carbonyl (C=O) groups is 3. The zero-order chi connectivity index (χ0) is 28.9. The number of nitrogens with zero attached hydrogens (tertiary/aromatic N) is 3. The van der Waals surface area contributed by atoms with Gasteiger partial charge in [-0.25, -0.2) is 9.59 Å². The van der Waals surface area contributed by atoms with Gasteiger partial charge < -0.3 is 34.1 Å². The molecule has 1 aliphatic carbocycles. The van der Waals surface area contributed by atoms with Crippen LogP contribution in [-0.4, -0.2) is 84.9 Å². The lowest BCUT2D eigenvalue weighted by Crippen LogP contribution is -2.35. The lowest BCUT2D eigenvalue weighted by atomic mass is 10.1. The van der Waals surface area contributed by atoms with Gasteiger partial charge in [-0.1, -0.05) is 30.3 Å². The Bertz CT molecular complexity index is 991. The van der Waals surface area contributed by atoms with E-state index in [0.717, 1.165) is 5.56 Å². The van der Waals surface area contributed by atoms with E-state index in [4.69, 9.17) is 14.2 Å². The highest BCUT2D eigenvalue weighted by Crippen LogP contribution is 2.54. The molecule has 2 rings (SSSR count). The SMILES string of the molecule is CCN(CC)C(=O)[C@@H]1C(c2ccccc2)[C@@H]1CNC(=O)OC(C)OC(=O)COCC(CO[N+](=O)[O-])O[N+](=O)[O-]. The first kappa shape index (κ1) is 31.0. The maximum atomic E-state index is 13.0. The van der Waals surface area contributed by atoms with Crippen molar-refractivity contribution in [1.82, 2.24) is 10.2 Å². The van der Waals surface area contributed by atoms with Crippen molar-refractivity contribution in [2.45, 2.75) is 39.1 Å². The molecule has 16 heteroatoms. The predicted octanol–water partition coefficient (Wildman–Crippen LogP) is 1.30. The van der Waals surface area contributed by atoms with Crippen molar-refractivity contribution in [1.29, 1.82) is 0 Å². The van der Waals surface area contributed by atoms with Crippen molar-refractivity contribution in [3.63, 3.8) is 0 Å². The molecule has 0 aromatic heterocycles. The topological polar surface area (TPSA) is 199 Å². The van der Waals surface area contributed by atoms with Gasteiger partial charge in [-0.2, -0.15) is 0 Å². The second-order valence-corrected chi connectivity index (χ2v) is 8.47. The average Bonchev–Trinajstić information content (AvgIpc) is 3.61. The molecule has 1 saturated carbocycles. The molecule has 3 unspecified atom stereocenters. The Kier molecular flexibility index (Phi) is 12.1. The second-order valence-electron chi connectivity index (χ2n) is 8.47. The normalized spacial score (nSPS) is 19.1. The molecule has 16 nitrogen and oxygen atoms in total. The van der Waals surface area contributed by atoms with Crippen LogP contribution >= 0.6 is 0 Å². The van der Waals surface area contributed by atoms with Crippen LogP contribution in [0.5, 0.6) is 0 Å². The Morgan fingerprint density at radius 3 is 2.28 bits per heavy atom. The zero-order valence-electron chi connectivity index (χ0n) is 21.8. The summed E-state index contributed by atoms with van der Waals surface area (Å²) in [6.45, 7) is 4.35. The van der Waals surface area contributed by atoms with Crippen LogP contribution in [-0.2, 0) is 33.5 Å². The van der Waals surface area contributed by atoms with Gasteiger partial charge in [0.25, 0.3) is 10.2 Å². The van der Waals surface area contributed by atoms with E-state index in [2.05, 4.69) is 15.0 Å². The Balaban J connectivity index is 1.79. The first-order valence-corrected chi connectivity index (χ1v) is 12.2. The van der Waals surface area contributed by atoms with Crippen molar-refractivity contribution in [3.05, 3.63) is 56.1 Å². The van der Waals surface area contributed by atoms with Crippen LogP contribution in [0.1, 0.15) is 32.3 Å². The first-order chi connectivity index (χ1) is 18.6. The summed E-state index contributed by atoms with van der Waals surface area (Å²) in [6.07, 6.45) is -3.63. The number of nitrogens with one attached hydrogen (secondary N) is 1. The van der Waals surface area contributed by atoms with Crippen molar-refractivity contribution < 1.29 is 48.4 Å². The summed E-state index contributed by atoms with van der Waals surface area (Å²) in [6, 6.07) is 9.54. The minimum atomic E-state index is -1.46. The molecule has 1 fully saturated rings. The van der Waals surface area contributed by atoms with Crippen molar-refractivity contribution in [2.24, 2.45) is 11.8 Å². The second kappa shape index (κ2) is 15.3. The summed E-state index contributed by atoms with van der Waals surface area (Å²) in [7, 11) is 0. The quantitative estimate of drug-likeness (QED) is 0.125. The van der Waals surface area contributed by atoms with E-state index in [0.29, 0.717) is 13.1 Å². The molecule has 0 bridgehead atoms. The van der Waals surface area contributed by atoms with Gasteiger partial charge in [-0.3, -0.25) is 4.79 Å². The Morgan fingerprint density at radius 1 is 1.03 bits per heavy atom. The van der Waals surface area contributed by atoms with Crippen molar-refractivity contribution >= 4 is 18.0 Å². The molecule has 5 atom stereocenters. The molecule has 0 saturated heterocycles. The monoisotopic (exact) mass is 556 g/mol. The summed E-state index contributed by atoms with van der Waals surface area (Å²) in [5.74, 6) is -1.41. The lowest BCUT2D eigenvalue weighted by molar-refractivity contribution is -0.790. The smallest absolute Gasteiger partial charge is 0.410 e. The number of benzene rings is 1. The fraction of sp³-hybridized carbons (Fsp3) is 0.609. The molecule has 39 heavy (non-hydrogen) atoms. The van der Waals surface area contributed by atoms with Gasteiger partial charge in [0.15, 0.2) is 6.10 Å². The molecule has 0 heterocycles. The van der Waals surface area contributed by atoms with Crippen LogP contribution in [0.2, 0.25) is 0 Å². The molecule has 2 amide bonds.